The molecule has 2 aromatic rings. The van der Waals surface area contributed by atoms with E-state index >= 15 is 0 Å². The second-order valence-corrected chi connectivity index (χ2v) is 6.18. The number of rotatable bonds is 6. The lowest BCUT2D eigenvalue weighted by Crippen LogP contribution is -2.28. The Morgan fingerprint density at radius 1 is 1.38 bits per heavy atom. The molecule has 0 saturated carbocycles. The maximum absolute atomic E-state index is 12.2. The monoisotopic (exact) mass is 349 g/mol. The molecule has 0 spiro atoms. The van der Waals surface area contributed by atoms with E-state index in [-0.39, 0.29) is 12.5 Å². The molecule has 0 saturated heterocycles. The zero-order valence-electron chi connectivity index (χ0n) is 13.3. The summed E-state index contributed by atoms with van der Waals surface area (Å²) >= 11 is 1.07. The molecular formula is C16H19N3O4S. The quantitative estimate of drug-likeness (QED) is 0.825. The molecule has 8 heteroatoms. The summed E-state index contributed by atoms with van der Waals surface area (Å²) in [5, 5.41) is 17.0. The summed E-state index contributed by atoms with van der Waals surface area (Å²) in [6, 6.07) is 5.27. The first kappa shape index (κ1) is 16.7. The van der Waals surface area contributed by atoms with Crippen molar-refractivity contribution in [1.29, 1.82) is 0 Å². The van der Waals surface area contributed by atoms with Gasteiger partial charge in [-0.1, -0.05) is 23.9 Å². The van der Waals surface area contributed by atoms with Gasteiger partial charge >= 0.3 is 0 Å². The molecule has 0 fully saturated rings. The number of nitrogens with zero attached hydrogens (tertiary/aromatic N) is 2. The largest absolute Gasteiger partial charge is 0.486 e. The molecule has 1 aromatic heterocycles. The number of nitrogens with one attached hydrogen (secondary N) is 1. The van der Waals surface area contributed by atoms with Gasteiger partial charge in [0.05, 0.1) is 11.8 Å². The lowest BCUT2D eigenvalue weighted by molar-refractivity contribution is 0.0918. The van der Waals surface area contributed by atoms with Crippen LogP contribution in [-0.2, 0) is 6.42 Å². The van der Waals surface area contributed by atoms with Crippen molar-refractivity contribution in [2.24, 2.45) is 0 Å². The molecule has 1 aromatic carbocycles. The van der Waals surface area contributed by atoms with Crippen LogP contribution in [0.3, 0.4) is 0 Å². The Hall–Kier alpha value is -2.19. The van der Waals surface area contributed by atoms with Gasteiger partial charge in [0.1, 0.15) is 18.1 Å². The van der Waals surface area contributed by atoms with Crippen LogP contribution in [0.1, 0.15) is 40.4 Å². The van der Waals surface area contributed by atoms with Crippen LogP contribution < -0.4 is 14.8 Å². The highest BCUT2D eigenvalue weighted by atomic mass is 32.1. The van der Waals surface area contributed by atoms with Gasteiger partial charge in [-0.2, -0.15) is 0 Å². The van der Waals surface area contributed by atoms with Gasteiger partial charge in [-0.05, 0) is 35.6 Å². The first-order valence-electron chi connectivity index (χ1n) is 7.86. The maximum Gasteiger partial charge on any atom is 0.265 e. The molecule has 0 radical (unpaired) electrons. The SMILES string of the molecule is CCCc1nnsc1C(=O)NC[C@H](O)c1ccc2c(c1)OCCO2. The van der Waals surface area contributed by atoms with Gasteiger partial charge in [0.2, 0.25) is 0 Å². The van der Waals surface area contributed by atoms with E-state index in [0.717, 1.165) is 18.0 Å². The molecule has 1 amide bonds. The van der Waals surface area contributed by atoms with E-state index in [1.54, 1.807) is 18.2 Å². The fourth-order valence-corrected chi connectivity index (χ4v) is 3.06. The van der Waals surface area contributed by atoms with Crippen LogP contribution in [0.15, 0.2) is 18.2 Å². The molecule has 128 valence electrons. The molecule has 2 heterocycles. The number of aliphatic hydroxyl groups excluding tert-OH is 1. The summed E-state index contributed by atoms with van der Waals surface area (Å²) in [5.41, 5.74) is 1.37. The number of aliphatic hydroxyl groups is 1. The van der Waals surface area contributed by atoms with Gasteiger partial charge in [-0.15, -0.1) is 5.10 Å². The molecule has 3 rings (SSSR count). The third-order valence-corrected chi connectivity index (χ3v) is 4.42. The molecule has 24 heavy (non-hydrogen) atoms. The molecule has 1 aliphatic heterocycles. The van der Waals surface area contributed by atoms with Crippen molar-refractivity contribution in [3.8, 4) is 11.5 Å². The predicted molar refractivity (Wildman–Crippen MR) is 88.6 cm³/mol. The first-order valence-corrected chi connectivity index (χ1v) is 8.63. The number of aryl methyl sites for hydroxylation is 1. The highest BCUT2D eigenvalue weighted by Gasteiger charge is 2.19. The summed E-state index contributed by atoms with van der Waals surface area (Å²) in [6.07, 6.45) is 0.774. The zero-order valence-corrected chi connectivity index (χ0v) is 14.1. The number of carbonyl (C=O) groups excluding carboxylic acids is 1. The number of aromatic nitrogens is 2. The molecule has 0 unspecified atom stereocenters. The van der Waals surface area contributed by atoms with E-state index in [0.29, 0.717) is 47.3 Å². The minimum absolute atomic E-state index is 0.0991. The molecular weight excluding hydrogens is 330 g/mol. The van der Waals surface area contributed by atoms with Gasteiger partial charge in [0.15, 0.2) is 11.5 Å². The lowest BCUT2D eigenvalue weighted by Gasteiger charge is -2.20. The van der Waals surface area contributed by atoms with Crippen molar-refractivity contribution in [2.75, 3.05) is 19.8 Å². The minimum Gasteiger partial charge on any atom is -0.486 e. The number of fused-ring (bicyclic) bond motifs is 1. The van der Waals surface area contributed by atoms with Crippen molar-refractivity contribution in [3.05, 3.63) is 34.3 Å². The van der Waals surface area contributed by atoms with E-state index in [4.69, 9.17) is 9.47 Å². The van der Waals surface area contributed by atoms with Crippen LogP contribution in [0.5, 0.6) is 11.5 Å². The Morgan fingerprint density at radius 2 is 2.17 bits per heavy atom. The fourth-order valence-electron chi connectivity index (χ4n) is 2.44. The predicted octanol–water partition coefficient (Wildman–Crippen LogP) is 1.73. The van der Waals surface area contributed by atoms with Gasteiger partial charge in [-0.3, -0.25) is 4.79 Å². The van der Waals surface area contributed by atoms with Crippen LogP contribution in [-0.4, -0.2) is 40.4 Å². The highest BCUT2D eigenvalue weighted by Crippen LogP contribution is 2.32. The van der Waals surface area contributed by atoms with E-state index in [2.05, 4.69) is 14.9 Å². The van der Waals surface area contributed by atoms with Crippen LogP contribution in [0.4, 0.5) is 0 Å². The topological polar surface area (TPSA) is 93.6 Å². The number of carbonyl (C=O) groups is 1. The summed E-state index contributed by atoms with van der Waals surface area (Å²) in [6.45, 7) is 3.13. The smallest absolute Gasteiger partial charge is 0.265 e. The highest BCUT2D eigenvalue weighted by molar-refractivity contribution is 7.08. The van der Waals surface area contributed by atoms with Crippen molar-refractivity contribution in [3.63, 3.8) is 0 Å². The number of ether oxygens (including phenoxy) is 2. The van der Waals surface area contributed by atoms with Crippen molar-refractivity contribution < 1.29 is 19.4 Å². The number of hydrogen-bond donors (Lipinski definition) is 2. The van der Waals surface area contributed by atoms with E-state index < -0.39 is 6.10 Å². The van der Waals surface area contributed by atoms with Gasteiger partial charge in [-0.25, -0.2) is 0 Å². The molecule has 0 bridgehead atoms. The minimum atomic E-state index is -0.833. The Balaban J connectivity index is 1.61. The van der Waals surface area contributed by atoms with E-state index in [9.17, 15) is 9.90 Å². The third kappa shape index (κ3) is 3.65. The van der Waals surface area contributed by atoms with Crippen LogP contribution in [0.2, 0.25) is 0 Å². The van der Waals surface area contributed by atoms with E-state index in [1.165, 1.54) is 0 Å². The summed E-state index contributed by atoms with van der Waals surface area (Å²) in [7, 11) is 0. The van der Waals surface area contributed by atoms with Crippen LogP contribution in [0, 0.1) is 0 Å². The van der Waals surface area contributed by atoms with E-state index in [1.807, 2.05) is 6.92 Å². The Morgan fingerprint density at radius 3 is 2.96 bits per heavy atom. The van der Waals surface area contributed by atoms with Crippen molar-refractivity contribution in [1.82, 2.24) is 14.9 Å². The molecule has 1 atom stereocenters. The molecule has 7 nitrogen and oxygen atoms in total. The summed E-state index contributed by atoms with van der Waals surface area (Å²) < 4.78 is 14.8. The average molecular weight is 349 g/mol. The van der Waals surface area contributed by atoms with Gasteiger partial charge < -0.3 is 19.9 Å². The van der Waals surface area contributed by atoms with Crippen LogP contribution >= 0.6 is 11.5 Å². The number of hydrogen-bond acceptors (Lipinski definition) is 7. The second-order valence-electron chi connectivity index (χ2n) is 5.43. The number of benzene rings is 1. The van der Waals surface area contributed by atoms with Crippen molar-refractivity contribution >= 4 is 17.4 Å². The second kappa shape index (κ2) is 7.59. The number of amides is 1. The van der Waals surface area contributed by atoms with Gasteiger partial charge in [0, 0.05) is 6.54 Å². The Labute approximate surface area is 143 Å². The Bertz CT molecular complexity index is 719. The average Bonchev–Trinajstić information content (AvgIpc) is 3.07. The standard InChI is InChI=1S/C16H19N3O4S/c1-2-3-11-15(24-19-18-11)16(21)17-9-12(20)10-4-5-13-14(8-10)23-7-6-22-13/h4-5,8,12,20H,2-3,6-7,9H2,1H3,(H,17,21)/t12-/m0/s1. The fraction of sp³-hybridized carbons (Fsp3) is 0.438. The lowest BCUT2D eigenvalue weighted by atomic mass is 10.1. The third-order valence-electron chi connectivity index (χ3n) is 3.66. The van der Waals surface area contributed by atoms with Crippen molar-refractivity contribution in [2.45, 2.75) is 25.9 Å². The first-order chi connectivity index (χ1) is 11.7. The normalized spacial score (nSPS) is 14.2. The molecule has 1 aliphatic rings. The molecule has 0 aliphatic carbocycles. The van der Waals surface area contributed by atoms with Gasteiger partial charge in [0.25, 0.3) is 5.91 Å². The zero-order chi connectivity index (χ0) is 16.9. The van der Waals surface area contributed by atoms with Crippen LogP contribution in [0.25, 0.3) is 0 Å². The summed E-state index contributed by atoms with van der Waals surface area (Å²) in [4.78, 5) is 12.7. The maximum atomic E-state index is 12.2. The Kier molecular flexibility index (Phi) is 5.27. The molecule has 2 N–H and O–H groups in total. The summed E-state index contributed by atoms with van der Waals surface area (Å²) in [5.74, 6) is 1.02.